The Kier molecular flexibility index (Phi) is 6.80. The maximum absolute atomic E-state index is 13.5. The number of carboxylic acid groups (broad SMARTS) is 1. The first kappa shape index (κ1) is 23.6. The van der Waals surface area contributed by atoms with Crippen LogP contribution in [0.3, 0.4) is 0 Å². The zero-order valence-corrected chi connectivity index (χ0v) is 18.2. The van der Waals surface area contributed by atoms with Gasteiger partial charge >= 0.3 is 18.3 Å². The Hall–Kier alpha value is -3.51. The molecule has 0 unspecified atom stereocenters. The average molecular weight is 483 g/mol. The van der Waals surface area contributed by atoms with E-state index in [2.05, 4.69) is 15.3 Å². The molecule has 2 aromatic heterocycles. The zero-order chi connectivity index (χ0) is 24.3. The molecule has 10 nitrogen and oxygen atoms in total. The number of piperazine rings is 1. The molecule has 1 aliphatic carbocycles. The van der Waals surface area contributed by atoms with Gasteiger partial charge in [-0.2, -0.15) is 18.2 Å². The number of aromatic nitrogens is 2. The Bertz CT molecular complexity index is 1010. The van der Waals surface area contributed by atoms with Crippen molar-refractivity contribution in [3.8, 4) is 6.08 Å². The van der Waals surface area contributed by atoms with Crippen molar-refractivity contribution >= 4 is 23.5 Å². The van der Waals surface area contributed by atoms with Crippen molar-refractivity contribution in [2.45, 2.75) is 44.4 Å². The third-order valence-corrected chi connectivity index (χ3v) is 5.78. The molecule has 0 aromatic carbocycles. The summed E-state index contributed by atoms with van der Waals surface area (Å²) in [5, 5.41) is 11.4. The van der Waals surface area contributed by atoms with Gasteiger partial charge in [-0.1, -0.05) is 6.42 Å². The molecule has 0 radical (unpaired) electrons. The second-order valence-electron chi connectivity index (χ2n) is 8.15. The van der Waals surface area contributed by atoms with E-state index in [4.69, 9.17) is 14.3 Å². The first-order valence-corrected chi connectivity index (χ1v) is 11.0. The maximum atomic E-state index is 13.5. The SMILES string of the molecule is O=C(Nc1ccc(N2CCN(C(=O)O)CC2)nc1)c1oc(OC2CCCCC2)nc1C(F)(F)F. The fourth-order valence-corrected chi connectivity index (χ4v) is 3.98. The highest BCUT2D eigenvalue weighted by Gasteiger charge is 2.42. The summed E-state index contributed by atoms with van der Waals surface area (Å²) < 4.78 is 50.9. The molecule has 0 atom stereocenters. The summed E-state index contributed by atoms with van der Waals surface area (Å²) in [6.07, 6.45) is -1.21. The van der Waals surface area contributed by atoms with Crippen molar-refractivity contribution in [2.24, 2.45) is 0 Å². The van der Waals surface area contributed by atoms with Gasteiger partial charge < -0.3 is 29.4 Å². The van der Waals surface area contributed by atoms with Crippen LogP contribution >= 0.6 is 0 Å². The quantitative estimate of drug-likeness (QED) is 0.658. The number of halogens is 3. The van der Waals surface area contributed by atoms with Crippen LogP contribution in [-0.2, 0) is 6.18 Å². The molecule has 184 valence electrons. The number of oxazole rings is 1. The summed E-state index contributed by atoms with van der Waals surface area (Å²) in [5.41, 5.74) is -1.28. The van der Waals surface area contributed by atoms with Gasteiger partial charge in [0.1, 0.15) is 11.9 Å². The number of carbonyl (C=O) groups is 2. The van der Waals surface area contributed by atoms with E-state index in [1.54, 1.807) is 6.07 Å². The highest BCUT2D eigenvalue weighted by atomic mass is 19.4. The lowest BCUT2D eigenvalue weighted by atomic mass is 9.98. The molecule has 1 aliphatic heterocycles. The number of hydrogen-bond acceptors (Lipinski definition) is 7. The van der Waals surface area contributed by atoms with Crippen LogP contribution < -0.4 is 15.0 Å². The van der Waals surface area contributed by atoms with E-state index in [1.165, 1.54) is 17.2 Å². The van der Waals surface area contributed by atoms with Crippen LogP contribution in [0.4, 0.5) is 29.5 Å². The number of anilines is 2. The lowest BCUT2D eigenvalue weighted by Gasteiger charge is -2.33. The van der Waals surface area contributed by atoms with Gasteiger partial charge in [0.05, 0.1) is 11.9 Å². The van der Waals surface area contributed by atoms with E-state index >= 15 is 0 Å². The topological polar surface area (TPSA) is 121 Å². The van der Waals surface area contributed by atoms with Gasteiger partial charge in [0.25, 0.3) is 5.91 Å². The summed E-state index contributed by atoms with van der Waals surface area (Å²) in [6, 6.07) is 3.08. The van der Waals surface area contributed by atoms with Crippen LogP contribution in [-0.4, -0.2) is 64.3 Å². The van der Waals surface area contributed by atoms with E-state index < -0.39 is 35.7 Å². The molecule has 13 heteroatoms. The molecule has 2 aromatic rings. The van der Waals surface area contributed by atoms with Gasteiger partial charge in [-0.3, -0.25) is 4.79 Å². The number of nitrogens with zero attached hydrogens (tertiary/aromatic N) is 4. The Labute approximate surface area is 192 Å². The molecule has 3 heterocycles. The van der Waals surface area contributed by atoms with Crippen LogP contribution in [0.1, 0.15) is 48.4 Å². The van der Waals surface area contributed by atoms with Crippen molar-refractivity contribution in [1.82, 2.24) is 14.9 Å². The molecule has 2 amide bonds. The fraction of sp³-hybridized carbons (Fsp3) is 0.524. The minimum Gasteiger partial charge on any atom is -0.465 e. The minimum atomic E-state index is -4.90. The Morgan fingerprint density at radius 3 is 2.41 bits per heavy atom. The lowest BCUT2D eigenvalue weighted by Crippen LogP contribution is -2.48. The molecule has 2 fully saturated rings. The largest absolute Gasteiger partial charge is 0.465 e. The maximum Gasteiger partial charge on any atom is 0.437 e. The number of alkyl halides is 3. The fourth-order valence-electron chi connectivity index (χ4n) is 3.98. The van der Waals surface area contributed by atoms with Gasteiger partial charge in [0, 0.05) is 26.2 Å². The molecule has 34 heavy (non-hydrogen) atoms. The molecule has 1 saturated carbocycles. The second kappa shape index (κ2) is 9.77. The van der Waals surface area contributed by atoms with Crippen molar-refractivity contribution in [3.05, 3.63) is 29.8 Å². The molecule has 0 bridgehead atoms. The van der Waals surface area contributed by atoms with E-state index in [0.29, 0.717) is 44.8 Å². The average Bonchev–Trinajstić information content (AvgIpc) is 3.25. The van der Waals surface area contributed by atoms with Gasteiger partial charge in [-0.15, -0.1) is 0 Å². The summed E-state index contributed by atoms with van der Waals surface area (Å²) in [4.78, 5) is 34.4. The smallest absolute Gasteiger partial charge is 0.437 e. The molecular weight excluding hydrogens is 459 g/mol. The molecule has 2 N–H and O–H groups in total. The second-order valence-corrected chi connectivity index (χ2v) is 8.15. The number of ether oxygens (including phenoxy) is 1. The Morgan fingerprint density at radius 1 is 1.12 bits per heavy atom. The number of carbonyl (C=O) groups excluding carboxylic acids is 1. The first-order valence-electron chi connectivity index (χ1n) is 11.0. The highest BCUT2D eigenvalue weighted by Crippen LogP contribution is 2.35. The number of pyridine rings is 1. The lowest BCUT2D eigenvalue weighted by molar-refractivity contribution is -0.141. The van der Waals surface area contributed by atoms with Gasteiger partial charge in [-0.25, -0.2) is 9.78 Å². The van der Waals surface area contributed by atoms with Crippen LogP contribution in [0, 0.1) is 0 Å². The number of rotatable bonds is 5. The van der Waals surface area contributed by atoms with E-state index in [0.717, 1.165) is 19.3 Å². The normalized spacial score (nSPS) is 17.5. The predicted octanol–water partition coefficient (Wildman–Crippen LogP) is 3.85. The third-order valence-electron chi connectivity index (χ3n) is 5.78. The molecule has 4 rings (SSSR count). The molecule has 2 aliphatic rings. The summed E-state index contributed by atoms with van der Waals surface area (Å²) in [6.45, 7) is 1.54. The van der Waals surface area contributed by atoms with Crippen molar-refractivity contribution in [1.29, 1.82) is 0 Å². The van der Waals surface area contributed by atoms with Crippen molar-refractivity contribution < 1.29 is 37.0 Å². The van der Waals surface area contributed by atoms with E-state index in [1.807, 2.05) is 4.90 Å². The van der Waals surface area contributed by atoms with Gasteiger partial charge in [0.15, 0.2) is 5.69 Å². The number of amides is 2. The summed E-state index contributed by atoms with van der Waals surface area (Å²) in [5.74, 6) is -1.54. The van der Waals surface area contributed by atoms with E-state index in [-0.39, 0.29) is 11.8 Å². The molecule has 0 spiro atoms. The highest BCUT2D eigenvalue weighted by molar-refractivity contribution is 6.03. The molecular formula is C21H24F3N5O5. The molecule has 1 saturated heterocycles. The minimum absolute atomic E-state index is 0.164. The van der Waals surface area contributed by atoms with E-state index in [9.17, 15) is 22.8 Å². The summed E-state index contributed by atoms with van der Waals surface area (Å²) in [7, 11) is 0. The van der Waals surface area contributed by atoms with Gasteiger partial charge in [0.2, 0.25) is 5.76 Å². The van der Waals surface area contributed by atoms with Crippen molar-refractivity contribution in [2.75, 3.05) is 36.4 Å². The van der Waals surface area contributed by atoms with Crippen LogP contribution in [0.25, 0.3) is 0 Å². The zero-order valence-electron chi connectivity index (χ0n) is 18.2. The Morgan fingerprint density at radius 2 is 1.82 bits per heavy atom. The number of nitrogens with one attached hydrogen (secondary N) is 1. The Balaban J connectivity index is 1.43. The standard InChI is InChI=1S/C21H24F3N5O5/c22-21(23,24)17-16(34-19(27-17)33-14-4-2-1-3-5-14)18(30)26-13-6-7-15(25-12-13)28-8-10-29(11-9-28)20(31)32/h6-7,12,14H,1-5,8-11H2,(H,26,30)(H,31,32). The predicted molar refractivity (Wildman–Crippen MR) is 113 cm³/mol. The van der Waals surface area contributed by atoms with Crippen LogP contribution in [0.5, 0.6) is 6.08 Å². The van der Waals surface area contributed by atoms with Crippen LogP contribution in [0.15, 0.2) is 22.7 Å². The monoisotopic (exact) mass is 483 g/mol. The summed E-state index contributed by atoms with van der Waals surface area (Å²) >= 11 is 0. The third kappa shape index (κ3) is 5.51. The van der Waals surface area contributed by atoms with Gasteiger partial charge in [-0.05, 0) is 37.8 Å². The number of hydrogen-bond donors (Lipinski definition) is 2. The van der Waals surface area contributed by atoms with Crippen LogP contribution in [0.2, 0.25) is 0 Å². The van der Waals surface area contributed by atoms with Crippen molar-refractivity contribution in [3.63, 3.8) is 0 Å². The first-order chi connectivity index (χ1) is 16.2.